The van der Waals surface area contributed by atoms with Gasteiger partial charge in [-0.2, -0.15) is 13.2 Å². The molecule has 0 spiro atoms. The molecule has 228 valence electrons. The molecule has 4 aromatic carbocycles. The highest BCUT2D eigenvalue weighted by Gasteiger charge is 2.32. The van der Waals surface area contributed by atoms with Crippen molar-refractivity contribution in [3.05, 3.63) is 132 Å². The standard InChI is InChI=1S/C35H25F3N6O2/c1-20-18-44(19-40-20)27-12-21(11-23(14-27)35(36,37)38)33(45)42-25-6-4-5-24(15-25)41-26-9-10-29-30(34(46)43-32(29)16-26)13-22-17-39-31-8-3-2-7-28(22)31/h2-19,39,41H,1H3,(H,42,45)(H,43,46)/b30-13-. The van der Waals surface area contributed by atoms with Crippen molar-refractivity contribution in [1.29, 1.82) is 0 Å². The van der Waals surface area contributed by atoms with Crippen LogP contribution in [0.4, 0.5) is 35.9 Å². The van der Waals surface area contributed by atoms with E-state index in [1.54, 1.807) is 37.4 Å². The molecule has 2 amide bonds. The quantitative estimate of drug-likeness (QED) is 0.141. The number of carbonyl (C=O) groups is 2. The van der Waals surface area contributed by atoms with Crippen LogP contribution in [0, 0.1) is 6.92 Å². The number of nitrogens with one attached hydrogen (secondary N) is 4. The number of hydrogen-bond donors (Lipinski definition) is 4. The Kier molecular flexibility index (Phi) is 6.93. The number of benzene rings is 4. The molecule has 1 aliphatic rings. The van der Waals surface area contributed by atoms with Crippen LogP contribution in [-0.2, 0) is 11.0 Å². The molecule has 0 fully saturated rings. The Hall–Kier alpha value is -6.10. The number of amides is 2. The Morgan fingerprint density at radius 1 is 0.935 bits per heavy atom. The average Bonchev–Trinajstić information content (AvgIpc) is 3.73. The number of hydrogen-bond acceptors (Lipinski definition) is 4. The van der Waals surface area contributed by atoms with Gasteiger partial charge in [0.15, 0.2) is 0 Å². The summed E-state index contributed by atoms with van der Waals surface area (Å²) in [5.41, 5.74) is 5.25. The van der Waals surface area contributed by atoms with Gasteiger partial charge in [0.25, 0.3) is 11.8 Å². The number of para-hydroxylation sites is 1. The maximum Gasteiger partial charge on any atom is 0.416 e. The maximum absolute atomic E-state index is 13.7. The number of H-pyrrole nitrogens is 1. The van der Waals surface area contributed by atoms with E-state index >= 15 is 0 Å². The summed E-state index contributed by atoms with van der Waals surface area (Å²) in [6.07, 6.45) is 2.07. The highest BCUT2D eigenvalue weighted by atomic mass is 19.4. The van der Waals surface area contributed by atoms with Crippen molar-refractivity contribution in [2.45, 2.75) is 13.1 Å². The van der Waals surface area contributed by atoms with Crippen molar-refractivity contribution in [2.24, 2.45) is 0 Å². The average molecular weight is 619 g/mol. The smallest absolute Gasteiger partial charge is 0.361 e. The van der Waals surface area contributed by atoms with Gasteiger partial charge in [0.1, 0.15) is 0 Å². The number of aromatic nitrogens is 3. The monoisotopic (exact) mass is 618 g/mol. The molecular weight excluding hydrogens is 593 g/mol. The third kappa shape index (κ3) is 5.61. The zero-order valence-corrected chi connectivity index (χ0v) is 24.2. The van der Waals surface area contributed by atoms with Gasteiger partial charge in [0.05, 0.1) is 23.3 Å². The van der Waals surface area contributed by atoms with Crippen LogP contribution in [0.15, 0.2) is 104 Å². The number of imidazole rings is 1. The number of aromatic amines is 1. The Labute approximate surface area is 260 Å². The molecule has 46 heavy (non-hydrogen) atoms. The van der Waals surface area contributed by atoms with Crippen molar-refractivity contribution in [3.8, 4) is 5.69 Å². The second-order valence-electron chi connectivity index (χ2n) is 10.9. The molecule has 0 atom stereocenters. The minimum atomic E-state index is -4.65. The molecule has 6 aromatic rings. The number of fused-ring (bicyclic) bond motifs is 2. The second-order valence-corrected chi connectivity index (χ2v) is 10.9. The first kappa shape index (κ1) is 28.7. The normalized spacial score (nSPS) is 13.6. The molecule has 3 heterocycles. The Morgan fingerprint density at radius 3 is 2.54 bits per heavy atom. The molecular formula is C35H25F3N6O2. The summed E-state index contributed by atoms with van der Waals surface area (Å²) in [6.45, 7) is 1.72. The van der Waals surface area contributed by atoms with E-state index in [1.807, 2.05) is 54.7 Å². The molecule has 2 aromatic heterocycles. The predicted molar refractivity (Wildman–Crippen MR) is 172 cm³/mol. The fraction of sp³-hybridized carbons (Fsp3) is 0.0571. The summed E-state index contributed by atoms with van der Waals surface area (Å²) in [5, 5.41) is 9.90. The number of aryl methyl sites for hydroxylation is 1. The van der Waals surface area contributed by atoms with Crippen molar-refractivity contribution in [2.75, 3.05) is 16.0 Å². The van der Waals surface area contributed by atoms with Gasteiger partial charge in [-0.25, -0.2) is 4.98 Å². The summed E-state index contributed by atoms with van der Waals surface area (Å²) in [7, 11) is 0. The van der Waals surface area contributed by atoms with E-state index in [0.717, 1.165) is 34.2 Å². The van der Waals surface area contributed by atoms with Crippen LogP contribution in [0.5, 0.6) is 0 Å². The van der Waals surface area contributed by atoms with Gasteiger partial charge in [-0.1, -0.05) is 30.3 Å². The van der Waals surface area contributed by atoms with E-state index in [1.165, 1.54) is 17.0 Å². The number of anilines is 4. The molecule has 0 aliphatic carbocycles. The second kappa shape index (κ2) is 11.1. The molecule has 0 saturated heterocycles. The fourth-order valence-corrected chi connectivity index (χ4v) is 5.45. The minimum Gasteiger partial charge on any atom is -0.361 e. The van der Waals surface area contributed by atoms with Gasteiger partial charge in [0.2, 0.25) is 0 Å². The van der Waals surface area contributed by atoms with E-state index in [2.05, 4.69) is 25.9 Å². The van der Waals surface area contributed by atoms with Crippen LogP contribution >= 0.6 is 0 Å². The topological polar surface area (TPSA) is 104 Å². The van der Waals surface area contributed by atoms with Crippen LogP contribution < -0.4 is 16.0 Å². The van der Waals surface area contributed by atoms with Gasteiger partial charge in [-0.05, 0) is 67.6 Å². The zero-order valence-electron chi connectivity index (χ0n) is 24.2. The van der Waals surface area contributed by atoms with Crippen molar-refractivity contribution in [1.82, 2.24) is 14.5 Å². The lowest BCUT2D eigenvalue weighted by Crippen LogP contribution is -2.15. The molecule has 0 unspecified atom stereocenters. The van der Waals surface area contributed by atoms with Gasteiger partial charge in [0, 0.05) is 68.3 Å². The zero-order chi connectivity index (χ0) is 32.0. The van der Waals surface area contributed by atoms with Gasteiger partial charge >= 0.3 is 6.18 Å². The number of alkyl halides is 3. The molecule has 8 nitrogen and oxygen atoms in total. The van der Waals surface area contributed by atoms with Gasteiger partial charge in [-0.3, -0.25) is 9.59 Å². The fourth-order valence-electron chi connectivity index (χ4n) is 5.45. The molecule has 0 saturated carbocycles. The van der Waals surface area contributed by atoms with Crippen molar-refractivity contribution in [3.63, 3.8) is 0 Å². The molecule has 0 radical (unpaired) electrons. The van der Waals surface area contributed by atoms with E-state index in [-0.39, 0.29) is 17.2 Å². The lowest BCUT2D eigenvalue weighted by molar-refractivity contribution is -0.137. The Morgan fingerprint density at radius 2 is 1.74 bits per heavy atom. The highest BCUT2D eigenvalue weighted by molar-refractivity contribution is 6.35. The third-order valence-corrected chi connectivity index (χ3v) is 7.65. The van der Waals surface area contributed by atoms with Crippen LogP contribution in [0.3, 0.4) is 0 Å². The largest absolute Gasteiger partial charge is 0.416 e. The van der Waals surface area contributed by atoms with E-state index in [0.29, 0.717) is 34.0 Å². The first-order valence-electron chi connectivity index (χ1n) is 14.3. The third-order valence-electron chi connectivity index (χ3n) is 7.65. The van der Waals surface area contributed by atoms with Crippen LogP contribution in [-0.4, -0.2) is 26.3 Å². The van der Waals surface area contributed by atoms with Crippen molar-refractivity contribution < 1.29 is 22.8 Å². The summed E-state index contributed by atoms with van der Waals surface area (Å²) in [4.78, 5) is 33.3. The predicted octanol–water partition coefficient (Wildman–Crippen LogP) is 8.17. The van der Waals surface area contributed by atoms with Crippen LogP contribution in [0.25, 0.3) is 28.2 Å². The van der Waals surface area contributed by atoms with Gasteiger partial charge in [-0.15, -0.1) is 0 Å². The van der Waals surface area contributed by atoms with Crippen LogP contribution in [0.2, 0.25) is 0 Å². The molecule has 1 aliphatic heterocycles. The summed E-state index contributed by atoms with van der Waals surface area (Å²) >= 11 is 0. The first-order valence-corrected chi connectivity index (χ1v) is 14.3. The maximum atomic E-state index is 13.7. The number of nitrogens with zero attached hydrogens (tertiary/aromatic N) is 2. The molecule has 7 rings (SSSR count). The molecule has 0 bridgehead atoms. The Balaban J connectivity index is 1.10. The summed E-state index contributed by atoms with van der Waals surface area (Å²) < 4.78 is 42.5. The van der Waals surface area contributed by atoms with E-state index in [9.17, 15) is 22.8 Å². The minimum absolute atomic E-state index is 0.152. The SMILES string of the molecule is Cc1cn(-c2cc(C(=O)Nc3cccc(Nc4ccc5c(c4)NC(=O)/C5=C\c4c[nH]c5ccccc45)c3)cc(C(F)(F)F)c2)cn1. The van der Waals surface area contributed by atoms with Crippen molar-refractivity contribution >= 4 is 57.1 Å². The highest BCUT2D eigenvalue weighted by Crippen LogP contribution is 2.37. The lowest BCUT2D eigenvalue weighted by atomic mass is 10.0. The first-order chi connectivity index (χ1) is 22.1. The summed E-state index contributed by atoms with van der Waals surface area (Å²) in [6, 6.07) is 23.4. The Bertz CT molecular complexity index is 2190. The van der Waals surface area contributed by atoms with E-state index < -0.39 is 17.6 Å². The van der Waals surface area contributed by atoms with Crippen LogP contribution in [0.1, 0.15) is 32.7 Å². The number of halogens is 3. The summed E-state index contributed by atoms with van der Waals surface area (Å²) in [5.74, 6) is -0.904. The number of carbonyl (C=O) groups excluding carboxylic acids is 2. The lowest BCUT2D eigenvalue weighted by Gasteiger charge is -2.14. The molecule has 11 heteroatoms. The number of rotatable bonds is 6. The van der Waals surface area contributed by atoms with E-state index in [4.69, 9.17) is 0 Å². The molecule has 4 N–H and O–H groups in total. The van der Waals surface area contributed by atoms with Gasteiger partial charge < -0.3 is 25.5 Å².